The van der Waals surface area contributed by atoms with E-state index in [0.29, 0.717) is 10.6 Å². The Labute approximate surface area is 112 Å². The highest BCUT2D eigenvalue weighted by Crippen LogP contribution is 2.35. The second kappa shape index (κ2) is 7.23. The highest BCUT2D eigenvalue weighted by atomic mass is 35.5. The average molecular weight is 285 g/mol. The molecule has 0 fully saturated rings. The molecule has 16 heavy (non-hydrogen) atoms. The van der Waals surface area contributed by atoms with Gasteiger partial charge in [0.05, 0.1) is 5.02 Å². The molecule has 0 aliphatic carbocycles. The second-order valence-electron chi connectivity index (χ2n) is 3.57. The third-order valence-corrected chi connectivity index (χ3v) is 2.83. The predicted octanol–water partition coefficient (Wildman–Crippen LogP) is 4.31. The summed E-state index contributed by atoms with van der Waals surface area (Å²) in [6, 6.07) is 2.97. The van der Waals surface area contributed by atoms with E-state index in [0.717, 1.165) is 19.3 Å². The Morgan fingerprint density at radius 2 is 2.00 bits per heavy atom. The average Bonchev–Trinajstić information content (AvgIpc) is 2.19. The first-order chi connectivity index (χ1) is 7.06. The number of phenols is 1. The van der Waals surface area contributed by atoms with Crippen LogP contribution in [0.4, 0.5) is 0 Å². The van der Waals surface area contributed by atoms with Crippen LogP contribution in [0, 0.1) is 0 Å². The summed E-state index contributed by atoms with van der Waals surface area (Å²) in [5.41, 5.74) is 6.57. The zero-order valence-electron chi connectivity index (χ0n) is 9.04. The van der Waals surface area contributed by atoms with Crippen LogP contribution in [-0.4, -0.2) is 5.11 Å². The van der Waals surface area contributed by atoms with Crippen LogP contribution in [0.5, 0.6) is 5.75 Å². The van der Waals surface area contributed by atoms with Gasteiger partial charge in [-0.1, -0.05) is 43.0 Å². The topological polar surface area (TPSA) is 46.2 Å². The number of rotatable bonds is 4. The van der Waals surface area contributed by atoms with Gasteiger partial charge in [-0.3, -0.25) is 0 Å². The van der Waals surface area contributed by atoms with Gasteiger partial charge in [-0.2, -0.15) is 0 Å². The SMILES string of the molecule is CCCC[C@H](N)c1cc(Cl)cc(Cl)c1O.Cl. The van der Waals surface area contributed by atoms with Crippen molar-refractivity contribution in [1.82, 2.24) is 0 Å². The van der Waals surface area contributed by atoms with Crippen LogP contribution in [0.1, 0.15) is 37.8 Å². The summed E-state index contributed by atoms with van der Waals surface area (Å²) in [5.74, 6) is 0.0460. The molecule has 0 aliphatic rings. The molecule has 0 amide bonds. The van der Waals surface area contributed by atoms with Gasteiger partial charge >= 0.3 is 0 Å². The van der Waals surface area contributed by atoms with Gasteiger partial charge in [0.25, 0.3) is 0 Å². The second-order valence-corrected chi connectivity index (χ2v) is 4.42. The fraction of sp³-hybridized carbons (Fsp3) is 0.455. The van der Waals surface area contributed by atoms with Crippen LogP contribution in [0.25, 0.3) is 0 Å². The molecule has 0 unspecified atom stereocenters. The minimum atomic E-state index is -0.207. The van der Waals surface area contributed by atoms with Crippen LogP contribution >= 0.6 is 35.6 Å². The molecule has 0 saturated carbocycles. The number of hydrogen-bond acceptors (Lipinski definition) is 2. The van der Waals surface area contributed by atoms with Crippen LogP contribution < -0.4 is 5.73 Å². The summed E-state index contributed by atoms with van der Waals surface area (Å²) >= 11 is 11.7. The molecule has 0 radical (unpaired) electrons. The Bertz CT molecular complexity index is 344. The Kier molecular flexibility index (Phi) is 7.16. The summed E-state index contributed by atoms with van der Waals surface area (Å²) < 4.78 is 0. The number of hydrogen-bond donors (Lipinski definition) is 2. The summed E-state index contributed by atoms with van der Waals surface area (Å²) in [7, 11) is 0. The molecule has 0 heterocycles. The Balaban J connectivity index is 0.00000225. The molecule has 1 aromatic rings. The molecular formula is C11H16Cl3NO. The predicted molar refractivity (Wildman–Crippen MR) is 71.8 cm³/mol. The first kappa shape index (κ1) is 15.9. The number of unbranched alkanes of at least 4 members (excludes halogenated alkanes) is 1. The molecule has 0 bridgehead atoms. The van der Waals surface area contributed by atoms with E-state index in [-0.39, 0.29) is 29.2 Å². The minimum Gasteiger partial charge on any atom is -0.506 e. The summed E-state index contributed by atoms with van der Waals surface area (Å²) in [4.78, 5) is 0. The van der Waals surface area contributed by atoms with Crippen LogP contribution in [0.3, 0.4) is 0 Å². The minimum absolute atomic E-state index is 0. The highest BCUT2D eigenvalue weighted by molar-refractivity contribution is 6.35. The van der Waals surface area contributed by atoms with E-state index < -0.39 is 0 Å². The van der Waals surface area contributed by atoms with Gasteiger partial charge < -0.3 is 10.8 Å². The number of aromatic hydroxyl groups is 1. The lowest BCUT2D eigenvalue weighted by atomic mass is 10.0. The molecule has 0 aliphatic heterocycles. The van der Waals surface area contributed by atoms with Crippen LogP contribution in [0.15, 0.2) is 12.1 Å². The van der Waals surface area contributed by atoms with E-state index in [1.807, 2.05) is 0 Å². The van der Waals surface area contributed by atoms with E-state index in [2.05, 4.69) is 6.92 Å². The Morgan fingerprint density at radius 1 is 1.38 bits per heavy atom. The number of nitrogens with two attached hydrogens (primary N) is 1. The lowest BCUT2D eigenvalue weighted by Gasteiger charge is -2.14. The molecule has 0 spiro atoms. The van der Waals surface area contributed by atoms with Gasteiger partial charge in [0.2, 0.25) is 0 Å². The molecule has 0 aromatic heterocycles. The third kappa shape index (κ3) is 4.02. The first-order valence-corrected chi connectivity index (χ1v) is 5.75. The van der Waals surface area contributed by atoms with Gasteiger partial charge in [0.15, 0.2) is 0 Å². The zero-order valence-corrected chi connectivity index (χ0v) is 11.4. The summed E-state index contributed by atoms with van der Waals surface area (Å²) in [6.45, 7) is 2.09. The van der Waals surface area contributed by atoms with Gasteiger partial charge in [-0.15, -0.1) is 12.4 Å². The van der Waals surface area contributed by atoms with Crippen molar-refractivity contribution in [1.29, 1.82) is 0 Å². The van der Waals surface area contributed by atoms with E-state index in [1.165, 1.54) is 6.07 Å². The molecule has 5 heteroatoms. The van der Waals surface area contributed by atoms with Gasteiger partial charge in [0.1, 0.15) is 5.75 Å². The lowest BCUT2D eigenvalue weighted by molar-refractivity contribution is 0.457. The fourth-order valence-electron chi connectivity index (χ4n) is 1.45. The lowest BCUT2D eigenvalue weighted by Crippen LogP contribution is -2.10. The van der Waals surface area contributed by atoms with E-state index in [4.69, 9.17) is 28.9 Å². The number of benzene rings is 1. The molecule has 0 saturated heterocycles. The first-order valence-electron chi connectivity index (χ1n) is 4.99. The monoisotopic (exact) mass is 283 g/mol. The maximum absolute atomic E-state index is 9.72. The van der Waals surface area contributed by atoms with E-state index >= 15 is 0 Å². The van der Waals surface area contributed by atoms with Crippen molar-refractivity contribution in [3.63, 3.8) is 0 Å². The van der Waals surface area contributed by atoms with Crippen molar-refractivity contribution in [2.45, 2.75) is 32.2 Å². The van der Waals surface area contributed by atoms with Crippen molar-refractivity contribution in [3.05, 3.63) is 27.7 Å². The third-order valence-electron chi connectivity index (χ3n) is 2.33. The normalized spacial score (nSPS) is 12.0. The fourth-order valence-corrected chi connectivity index (χ4v) is 1.96. The Hall–Kier alpha value is -0.150. The molecule has 2 nitrogen and oxygen atoms in total. The van der Waals surface area contributed by atoms with Gasteiger partial charge in [0, 0.05) is 16.6 Å². The van der Waals surface area contributed by atoms with Gasteiger partial charge in [-0.25, -0.2) is 0 Å². The maximum Gasteiger partial charge on any atom is 0.139 e. The summed E-state index contributed by atoms with van der Waals surface area (Å²) in [6.07, 6.45) is 2.91. The van der Waals surface area contributed by atoms with E-state index in [9.17, 15) is 5.11 Å². The standard InChI is InChI=1S/C11H15Cl2NO.ClH/c1-2-3-4-10(14)8-5-7(12)6-9(13)11(8)15;/h5-6,10,15H,2-4,14H2,1H3;1H/t10-;/m0./s1. The Morgan fingerprint density at radius 3 is 2.56 bits per heavy atom. The molecular weight excluding hydrogens is 268 g/mol. The van der Waals surface area contributed by atoms with Crippen LogP contribution in [-0.2, 0) is 0 Å². The molecule has 1 aromatic carbocycles. The number of halogens is 3. The quantitative estimate of drug-likeness (QED) is 0.865. The number of phenolic OH excluding ortho intramolecular Hbond substituents is 1. The van der Waals surface area contributed by atoms with Crippen LogP contribution in [0.2, 0.25) is 10.0 Å². The smallest absolute Gasteiger partial charge is 0.139 e. The molecule has 92 valence electrons. The molecule has 3 N–H and O–H groups in total. The van der Waals surface area contributed by atoms with Crippen molar-refractivity contribution in [2.75, 3.05) is 0 Å². The van der Waals surface area contributed by atoms with E-state index in [1.54, 1.807) is 6.07 Å². The van der Waals surface area contributed by atoms with Crippen molar-refractivity contribution < 1.29 is 5.11 Å². The van der Waals surface area contributed by atoms with Gasteiger partial charge in [-0.05, 0) is 18.6 Å². The maximum atomic E-state index is 9.72. The highest BCUT2D eigenvalue weighted by Gasteiger charge is 2.14. The molecule has 1 atom stereocenters. The van der Waals surface area contributed by atoms with Crippen molar-refractivity contribution in [2.24, 2.45) is 5.73 Å². The summed E-state index contributed by atoms with van der Waals surface area (Å²) in [5, 5.41) is 10.5. The largest absolute Gasteiger partial charge is 0.506 e. The zero-order chi connectivity index (χ0) is 11.4. The van der Waals surface area contributed by atoms with Crippen molar-refractivity contribution >= 4 is 35.6 Å². The van der Waals surface area contributed by atoms with Crippen molar-refractivity contribution in [3.8, 4) is 5.75 Å². The molecule has 1 rings (SSSR count).